The van der Waals surface area contributed by atoms with E-state index in [2.05, 4.69) is 15.3 Å². The minimum absolute atomic E-state index is 0.0877. The fraction of sp³-hybridized carbons (Fsp3) is 0.133. The number of amides is 1. The number of carbonyl (C=O) groups is 1. The van der Waals surface area contributed by atoms with E-state index in [9.17, 15) is 22.4 Å². The summed E-state index contributed by atoms with van der Waals surface area (Å²) in [6.07, 6.45) is -1.54. The second kappa shape index (κ2) is 7.08. The maximum absolute atomic E-state index is 13.1. The van der Waals surface area contributed by atoms with Crippen LogP contribution < -0.4 is 5.32 Å². The molecule has 26 heavy (non-hydrogen) atoms. The van der Waals surface area contributed by atoms with Gasteiger partial charge < -0.3 is 0 Å². The Morgan fingerprint density at radius 2 is 1.96 bits per heavy atom. The number of thioether (sulfide) groups is 1. The Kier molecular flexibility index (Phi) is 5.01. The van der Waals surface area contributed by atoms with Crippen LogP contribution in [0.25, 0.3) is 5.69 Å². The smallest absolute Gasteiger partial charge is 0.296 e. The average Bonchev–Trinajstić information content (AvgIpc) is 3.21. The summed E-state index contributed by atoms with van der Waals surface area (Å²) >= 11 is 1.93. The van der Waals surface area contributed by atoms with E-state index in [1.807, 2.05) is 0 Å². The molecule has 0 aliphatic carbocycles. The van der Waals surface area contributed by atoms with Crippen molar-refractivity contribution in [3.63, 3.8) is 0 Å². The first-order valence-corrected chi connectivity index (χ1v) is 9.12. The highest BCUT2D eigenvalue weighted by atomic mass is 32.2. The van der Waals surface area contributed by atoms with Gasteiger partial charge in [0.25, 0.3) is 5.91 Å². The number of halogens is 4. The SMILES string of the molecule is CSc1ncc(C(=O)Nc2nc(C(F)(F)F)cs2)n1-c1ccc(F)cc1. The number of imidazole rings is 1. The fourth-order valence-electron chi connectivity index (χ4n) is 2.10. The Hall–Kier alpha value is -2.40. The molecule has 2 heterocycles. The zero-order valence-electron chi connectivity index (χ0n) is 13.0. The number of benzene rings is 1. The van der Waals surface area contributed by atoms with Crippen molar-refractivity contribution in [3.05, 3.63) is 53.0 Å². The van der Waals surface area contributed by atoms with Gasteiger partial charge in [0, 0.05) is 11.1 Å². The van der Waals surface area contributed by atoms with Gasteiger partial charge in [0.1, 0.15) is 11.5 Å². The monoisotopic (exact) mass is 402 g/mol. The van der Waals surface area contributed by atoms with E-state index in [1.54, 1.807) is 6.26 Å². The molecule has 136 valence electrons. The number of anilines is 1. The number of hydrogen-bond donors (Lipinski definition) is 1. The molecule has 3 aromatic rings. The molecule has 0 saturated carbocycles. The van der Waals surface area contributed by atoms with Gasteiger partial charge in [0.05, 0.1) is 6.20 Å². The van der Waals surface area contributed by atoms with Gasteiger partial charge in [-0.3, -0.25) is 14.7 Å². The summed E-state index contributed by atoms with van der Waals surface area (Å²) in [5, 5.41) is 3.44. The largest absolute Gasteiger partial charge is 0.434 e. The predicted octanol–water partition coefficient (Wildman–Crippen LogP) is 4.46. The van der Waals surface area contributed by atoms with Crippen molar-refractivity contribution in [3.8, 4) is 5.69 Å². The van der Waals surface area contributed by atoms with Gasteiger partial charge in [-0.15, -0.1) is 11.3 Å². The Labute approximate surface area is 153 Å². The number of alkyl halides is 3. The third-order valence-corrected chi connectivity index (χ3v) is 4.66. The van der Waals surface area contributed by atoms with Crippen LogP contribution >= 0.6 is 23.1 Å². The Morgan fingerprint density at radius 3 is 2.54 bits per heavy atom. The van der Waals surface area contributed by atoms with Crippen molar-refractivity contribution >= 4 is 34.1 Å². The summed E-state index contributed by atoms with van der Waals surface area (Å²) in [5.41, 5.74) is -0.493. The third-order valence-electron chi connectivity index (χ3n) is 3.24. The molecule has 3 rings (SSSR count). The average molecular weight is 402 g/mol. The number of aromatic nitrogens is 3. The van der Waals surface area contributed by atoms with Crippen molar-refractivity contribution in [1.29, 1.82) is 0 Å². The van der Waals surface area contributed by atoms with Gasteiger partial charge in [-0.25, -0.2) is 14.4 Å². The second-order valence-electron chi connectivity index (χ2n) is 4.93. The molecule has 0 aliphatic rings. The summed E-state index contributed by atoms with van der Waals surface area (Å²) in [5.74, 6) is -1.11. The predicted molar refractivity (Wildman–Crippen MR) is 90.4 cm³/mol. The third kappa shape index (κ3) is 3.73. The summed E-state index contributed by atoms with van der Waals surface area (Å²) in [6, 6.07) is 5.41. The molecule has 1 N–H and O–H groups in total. The lowest BCUT2D eigenvalue weighted by Crippen LogP contribution is -2.17. The van der Waals surface area contributed by atoms with E-state index in [-0.39, 0.29) is 10.8 Å². The molecule has 0 unspecified atom stereocenters. The molecule has 0 spiro atoms. The van der Waals surface area contributed by atoms with Gasteiger partial charge in [0.15, 0.2) is 16.0 Å². The van der Waals surface area contributed by atoms with Crippen LogP contribution in [-0.4, -0.2) is 26.7 Å². The van der Waals surface area contributed by atoms with Crippen LogP contribution in [-0.2, 0) is 6.18 Å². The molecule has 11 heteroatoms. The van der Waals surface area contributed by atoms with Crippen molar-refractivity contribution in [2.24, 2.45) is 0 Å². The zero-order valence-corrected chi connectivity index (χ0v) is 14.7. The Balaban J connectivity index is 1.91. The summed E-state index contributed by atoms with van der Waals surface area (Å²) in [6.45, 7) is 0. The van der Waals surface area contributed by atoms with Crippen molar-refractivity contribution in [2.45, 2.75) is 11.3 Å². The van der Waals surface area contributed by atoms with E-state index >= 15 is 0 Å². The van der Waals surface area contributed by atoms with Crippen molar-refractivity contribution in [1.82, 2.24) is 14.5 Å². The highest BCUT2D eigenvalue weighted by Crippen LogP contribution is 2.32. The minimum Gasteiger partial charge on any atom is -0.296 e. The zero-order chi connectivity index (χ0) is 18.9. The molecule has 0 fully saturated rings. The molecule has 1 aromatic carbocycles. The number of thiazole rings is 1. The lowest BCUT2D eigenvalue weighted by Gasteiger charge is -2.10. The van der Waals surface area contributed by atoms with Crippen LogP contribution in [0.15, 0.2) is 41.0 Å². The summed E-state index contributed by atoms with van der Waals surface area (Å²) < 4.78 is 52.5. The molecule has 1 amide bonds. The molecule has 0 radical (unpaired) electrons. The second-order valence-corrected chi connectivity index (χ2v) is 6.56. The number of nitrogens with zero attached hydrogens (tertiary/aromatic N) is 3. The van der Waals surface area contributed by atoms with Crippen LogP contribution in [0.2, 0.25) is 0 Å². The van der Waals surface area contributed by atoms with E-state index in [0.717, 1.165) is 5.38 Å². The van der Waals surface area contributed by atoms with Gasteiger partial charge in [-0.1, -0.05) is 11.8 Å². The van der Waals surface area contributed by atoms with E-state index in [4.69, 9.17) is 0 Å². The van der Waals surface area contributed by atoms with E-state index in [1.165, 1.54) is 46.8 Å². The summed E-state index contributed by atoms with van der Waals surface area (Å²) in [7, 11) is 0. The topological polar surface area (TPSA) is 59.8 Å². The number of carbonyl (C=O) groups excluding carboxylic acids is 1. The Morgan fingerprint density at radius 1 is 1.27 bits per heavy atom. The van der Waals surface area contributed by atoms with Crippen LogP contribution in [0, 0.1) is 5.82 Å². The Bertz CT molecular complexity index is 934. The molecule has 2 aromatic heterocycles. The first kappa shape index (κ1) is 18.4. The summed E-state index contributed by atoms with van der Waals surface area (Å²) in [4.78, 5) is 20.0. The number of hydrogen-bond acceptors (Lipinski definition) is 5. The number of rotatable bonds is 4. The van der Waals surface area contributed by atoms with Crippen molar-refractivity contribution in [2.75, 3.05) is 11.6 Å². The van der Waals surface area contributed by atoms with Crippen LogP contribution in [0.5, 0.6) is 0 Å². The molecule has 0 saturated heterocycles. The quantitative estimate of drug-likeness (QED) is 0.517. The van der Waals surface area contributed by atoms with Crippen molar-refractivity contribution < 1.29 is 22.4 Å². The first-order valence-electron chi connectivity index (χ1n) is 7.01. The lowest BCUT2D eigenvalue weighted by molar-refractivity contribution is -0.140. The maximum atomic E-state index is 13.1. The number of nitrogens with one attached hydrogen (secondary N) is 1. The van der Waals surface area contributed by atoms with Gasteiger partial charge in [-0.05, 0) is 30.5 Å². The maximum Gasteiger partial charge on any atom is 0.434 e. The van der Waals surface area contributed by atoms with Gasteiger partial charge >= 0.3 is 6.18 Å². The minimum atomic E-state index is -4.58. The fourth-order valence-corrected chi connectivity index (χ4v) is 3.36. The van der Waals surface area contributed by atoms with E-state index < -0.39 is 23.6 Å². The molecule has 5 nitrogen and oxygen atoms in total. The molecule has 0 atom stereocenters. The highest BCUT2D eigenvalue weighted by Gasteiger charge is 2.34. The van der Waals surface area contributed by atoms with Crippen LogP contribution in [0.1, 0.15) is 16.2 Å². The van der Waals surface area contributed by atoms with Crippen LogP contribution in [0.3, 0.4) is 0 Å². The molecular formula is C15H10F4N4OS2. The standard InChI is InChI=1S/C15H10F4N4OS2/c1-25-14-20-6-10(23(14)9-4-2-8(16)3-5-9)12(24)22-13-21-11(7-26-13)15(17,18)19/h2-7H,1H3,(H,21,22,24). The highest BCUT2D eigenvalue weighted by molar-refractivity contribution is 7.98. The molecular weight excluding hydrogens is 392 g/mol. The van der Waals surface area contributed by atoms with Gasteiger partial charge in [-0.2, -0.15) is 13.2 Å². The lowest BCUT2D eigenvalue weighted by atomic mass is 10.3. The van der Waals surface area contributed by atoms with E-state index in [0.29, 0.717) is 22.2 Å². The normalized spacial score (nSPS) is 11.6. The molecule has 0 bridgehead atoms. The molecule has 0 aliphatic heterocycles. The van der Waals surface area contributed by atoms with Crippen LogP contribution in [0.4, 0.5) is 22.7 Å². The van der Waals surface area contributed by atoms with Gasteiger partial charge in [0.2, 0.25) is 0 Å². The first-order chi connectivity index (χ1) is 12.3.